The van der Waals surface area contributed by atoms with Crippen LogP contribution in [-0.4, -0.2) is 6.61 Å². The SMILES string of the molecule is FC(F)Oc1ccc(OCl)cc1. The Bertz CT molecular complexity index is 238. The highest BCUT2D eigenvalue weighted by atomic mass is 35.5. The fraction of sp³-hybridized carbons (Fsp3) is 0.143. The molecule has 0 aliphatic carbocycles. The molecule has 0 saturated heterocycles. The van der Waals surface area contributed by atoms with Gasteiger partial charge in [0.25, 0.3) is 0 Å². The quantitative estimate of drug-likeness (QED) is 0.737. The van der Waals surface area contributed by atoms with Crippen LogP contribution in [0, 0.1) is 0 Å². The van der Waals surface area contributed by atoms with Crippen LogP contribution in [0.25, 0.3) is 0 Å². The van der Waals surface area contributed by atoms with Gasteiger partial charge in [0.1, 0.15) is 23.4 Å². The number of hydrogen-bond acceptors (Lipinski definition) is 2. The molecular weight excluding hydrogens is 190 g/mol. The summed E-state index contributed by atoms with van der Waals surface area (Å²) in [5, 5.41) is 0. The van der Waals surface area contributed by atoms with E-state index in [1.807, 2.05) is 0 Å². The highest BCUT2D eigenvalue weighted by molar-refractivity contribution is 6.09. The third kappa shape index (κ3) is 2.54. The van der Waals surface area contributed by atoms with E-state index in [9.17, 15) is 8.78 Å². The number of ether oxygens (including phenoxy) is 1. The molecule has 66 valence electrons. The van der Waals surface area contributed by atoms with Gasteiger partial charge in [-0.2, -0.15) is 8.78 Å². The van der Waals surface area contributed by atoms with E-state index in [0.29, 0.717) is 5.75 Å². The summed E-state index contributed by atoms with van der Waals surface area (Å²) in [7, 11) is 0. The molecule has 1 aromatic rings. The minimum absolute atomic E-state index is 0.0717. The van der Waals surface area contributed by atoms with Crippen molar-refractivity contribution in [3.63, 3.8) is 0 Å². The lowest BCUT2D eigenvalue weighted by Crippen LogP contribution is -2.01. The normalized spacial score (nSPS) is 10.0. The molecule has 0 unspecified atom stereocenters. The summed E-state index contributed by atoms with van der Waals surface area (Å²) >= 11 is 5.00. The lowest BCUT2D eigenvalue weighted by Gasteiger charge is -2.03. The van der Waals surface area contributed by atoms with Gasteiger partial charge in [-0.25, -0.2) is 0 Å². The molecule has 1 rings (SSSR count). The molecule has 0 aromatic heterocycles. The molecule has 0 radical (unpaired) electrons. The Balaban J connectivity index is 2.65. The fourth-order valence-corrected chi connectivity index (χ4v) is 0.775. The van der Waals surface area contributed by atoms with Crippen molar-refractivity contribution in [1.29, 1.82) is 0 Å². The standard InChI is InChI=1S/C7H5ClF2O2/c8-12-6-3-1-5(2-4-6)11-7(9)10/h1-4,7H. The van der Waals surface area contributed by atoms with Crippen molar-refractivity contribution in [2.45, 2.75) is 6.61 Å². The minimum atomic E-state index is -2.81. The molecule has 1 aromatic carbocycles. The molecule has 12 heavy (non-hydrogen) atoms. The van der Waals surface area contributed by atoms with E-state index in [4.69, 9.17) is 11.9 Å². The molecule has 5 heteroatoms. The van der Waals surface area contributed by atoms with Crippen molar-refractivity contribution < 1.29 is 17.8 Å². The van der Waals surface area contributed by atoms with Crippen LogP contribution in [0.4, 0.5) is 8.78 Å². The van der Waals surface area contributed by atoms with Crippen LogP contribution >= 0.6 is 11.9 Å². The summed E-state index contributed by atoms with van der Waals surface area (Å²) in [6, 6.07) is 5.52. The molecule has 0 heterocycles. The van der Waals surface area contributed by atoms with Crippen LogP contribution in [0.2, 0.25) is 0 Å². The van der Waals surface area contributed by atoms with E-state index < -0.39 is 6.61 Å². The minimum Gasteiger partial charge on any atom is -0.435 e. The predicted octanol–water partition coefficient (Wildman–Crippen LogP) is 2.82. The van der Waals surface area contributed by atoms with Crippen molar-refractivity contribution in [2.24, 2.45) is 0 Å². The zero-order valence-electron chi connectivity index (χ0n) is 5.84. The molecule has 0 spiro atoms. The Kier molecular flexibility index (Phi) is 3.10. The lowest BCUT2D eigenvalue weighted by atomic mass is 10.3. The van der Waals surface area contributed by atoms with E-state index in [0.717, 1.165) is 0 Å². The first-order valence-corrected chi connectivity index (χ1v) is 3.36. The van der Waals surface area contributed by atoms with E-state index >= 15 is 0 Å². The summed E-state index contributed by atoms with van der Waals surface area (Å²) in [6.07, 6.45) is 0. The van der Waals surface area contributed by atoms with E-state index in [2.05, 4.69) is 9.03 Å². The molecule has 0 saturated carbocycles. The molecule has 0 aliphatic heterocycles. The van der Waals surface area contributed by atoms with Gasteiger partial charge < -0.3 is 9.03 Å². The van der Waals surface area contributed by atoms with Crippen LogP contribution in [0.5, 0.6) is 11.5 Å². The van der Waals surface area contributed by atoms with Gasteiger partial charge in [0.15, 0.2) is 0 Å². The fourth-order valence-electron chi connectivity index (χ4n) is 0.673. The largest absolute Gasteiger partial charge is 0.435 e. The van der Waals surface area contributed by atoms with Crippen LogP contribution < -0.4 is 9.03 Å². The maximum Gasteiger partial charge on any atom is 0.387 e. The van der Waals surface area contributed by atoms with Crippen molar-refractivity contribution in [2.75, 3.05) is 0 Å². The lowest BCUT2D eigenvalue weighted by molar-refractivity contribution is -0.0498. The van der Waals surface area contributed by atoms with Gasteiger partial charge in [-0.15, -0.1) is 0 Å². The highest BCUT2D eigenvalue weighted by Crippen LogP contribution is 2.19. The second-order valence-electron chi connectivity index (χ2n) is 1.93. The number of hydrogen-bond donors (Lipinski definition) is 0. The van der Waals surface area contributed by atoms with Crippen LogP contribution in [0.15, 0.2) is 24.3 Å². The first kappa shape index (κ1) is 9.06. The predicted molar refractivity (Wildman–Crippen MR) is 39.6 cm³/mol. The van der Waals surface area contributed by atoms with Gasteiger partial charge in [-0.1, -0.05) is 0 Å². The topological polar surface area (TPSA) is 18.5 Å². The second kappa shape index (κ2) is 4.11. The summed E-state index contributed by atoms with van der Waals surface area (Å²) < 4.78 is 31.6. The average Bonchev–Trinajstić information content (AvgIpc) is 2.05. The Hall–Kier alpha value is -1.03. The molecule has 0 bridgehead atoms. The molecule has 0 N–H and O–H groups in total. The van der Waals surface area contributed by atoms with E-state index in [1.54, 1.807) is 0 Å². The van der Waals surface area contributed by atoms with E-state index in [-0.39, 0.29) is 5.75 Å². The van der Waals surface area contributed by atoms with Gasteiger partial charge in [-0.3, -0.25) is 0 Å². The summed E-state index contributed by atoms with van der Waals surface area (Å²) in [5.41, 5.74) is 0. The molecule has 0 fully saturated rings. The number of alkyl halides is 2. The Labute approximate surface area is 72.8 Å². The van der Waals surface area contributed by atoms with Gasteiger partial charge in [0.2, 0.25) is 0 Å². The summed E-state index contributed by atoms with van der Waals surface area (Å²) in [6.45, 7) is -2.81. The maximum absolute atomic E-state index is 11.6. The Morgan fingerprint density at radius 1 is 1.08 bits per heavy atom. The van der Waals surface area contributed by atoms with Crippen LogP contribution in [0.1, 0.15) is 0 Å². The first-order valence-electron chi connectivity index (χ1n) is 3.06. The van der Waals surface area contributed by atoms with Crippen molar-refractivity contribution in [3.8, 4) is 11.5 Å². The average molecular weight is 195 g/mol. The number of benzene rings is 1. The van der Waals surface area contributed by atoms with Crippen molar-refractivity contribution in [1.82, 2.24) is 0 Å². The summed E-state index contributed by atoms with van der Waals surface area (Å²) in [5.74, 6) is 0.445. The molecule has 0 atom stereocenters. The van der Waals surface area contributed by atoms with Crippen LogP contribution in [-0.2, 0) is 0 Å². The molecule has 0 amide bonds. The first-order chi connectivity index (χ1) is 5.72. The summed E-state index contributed by atoms with van der Waals surface area (Å²) in [4.78, 5) is 0. The molecular formula is C7H5ClF2O2. The van der Waals surface area contributed by atoms with Gasteiger partial charge in [-0.05, 0) is 24.3 Å². The molecule has 0 aliphatic rings. The van der Waals surface area contributed by atoms with Crippen LogP contribution in [0.3, 0.4) is 0 Å². The zero-order chi connectivity index (χ0) is 8.97. The number of rotatable bonds is 3. The Morgan fingerprint density at radius 2 is 1.58 bits per heavy atom. The van der Waals surface area contributed by atoms with Crippen molar-refractivity contribution in [3.05, 3.63) is 24.3 Å². The second-order valence-corrected chi connectivity index (χ2v) is 2.08. The smallest absolute Gasteiger partial charge is 0.387 e. The highest BCUT2D eigenvalue weighted by Gasteiger charge is 2.03. The van der Waals surface area contributed by atoms with E-state index in [1.165, 1.54) is 24.3 Å². The number of halogens is 3. The van der Waals surface area contributed by atoms with Gasteiger partial charge in [0.05, 0.1) is 0 Å². The Morgan fingerprint density at radius 3 is 2.00 bits per heavy atom. The molecule has 2 nitrogen and oxygen atoms in total. The van der Waals surface area contributed by atoms with Gasteiger partial charge >= 0.3 is 6.61 Å². The van der Waals surface area contributed by atoms with Gasteiger partial charge in [0, 0.05) is 0 Å². The third-order valence-electron chi connectivity index (χ3n) is 1.14. The zero-order valence-corrected chi connectivity index (χ0v) is 6.59. The maximum atomic E-state index is 11.6. The monoisotopic (exact) mass is 194 g/mol. The third-order valence-corrected chi connectivity index (χ3v) is 1.32. The van der Waals surface area contributed by atoms with Crippen molar-refractivity contribution >= 4 is 11.9 Å².